The third kappa shape index (κ3) is 11.8. The molecule has 0 saturated carbocycles. The van der Waals surface area contributed by atoms with Crippen molar-refractivity contribution in [1.29, 1.82) is 0 Å². The van der Waals surface area contributed by atoms with Crippen molar-refractivity contribution in [2.75, 3.05) is 85.3 Å². The Bertz CT molecular complexity index is 1600. The molecule has 0 atom stereocenters. The number of ether oxygens (including phenoxy) is 4. The van der Waals surface area contributed by atoms with E-state index in [0.29, 0.717) is 26.4 Å². The summed E-state index contributed by atoms with van der Waals surface area (Å²) in [6.45, 7) is 20.5. The number of benzene rings is 3. The lowest BCUT2D eigenvalue weighted by Gasteiger charge is -2.18. The summed E-state index contributed by atoms with van der Waals surface area (Å²) in [5.74, 6) is 3.74. The molecule has 2 heterocycles. The van der Waals surface area contributed by atoms with Gasteiger partial charge >= 0.3 is 0 Å². The van der Waals surface area contributed by atoms with Crippen LogP contribution < -0.4 is 18.9 Å². The molecular formula is C41H58ClN5O4. The van der Waals surface area contributed by atoms with Crippen molar-refractivity contribution < 1.29 is 18.9 Å². The van der Waals surface area contributed by atoms with E-state index in [4.69, 9.17) is 35.5 Å². The molecule has 1 N–H and O–H groups in total. The first-order valence-corrected chi connectivity index (χ1v) is 19.5. The maximum Gasteiger partial charge on any atom is 0.150 e. The van der Waals surface area contributed by atoms with Crippen LogP contribution in [-0.2, 0) is 6.42 Å². The Morgan fingerprint density at radius 3 is 2.02 bits per heavy atom. The fourth-order valence-electron chi connectivity index (χ4n) is 6.55. The lowest BCUT2D eigenvalue weighted by molar-refractivity contribution is 0.237. The number of hydrogen-bond acceptors (Lipinski definition) is 8. The molecule has 0 unspecified atom stereocenters. The van der Waals surface area contributed by atoms with Crippen molar-refractivity contribution in [3.8, 4) is 34.4 Å². The quantitative estimate of drug-likeness (QED) is 0.0770. The maximum atomic E-state index is 6.49. The maximum absolute atomic E-state index is 6.49. The van der Waals surface area contributed by atoms with Gasteiger partial charge in [-0.3, -0.25) is 4.90 Å². The minimum absolute atomic E-state index is 0.547. The van der Waals surface area contributed by atoms with Gasteiger partial charge in [0.15, 0.2) is 5.75 Å². The number of H-pyrrole nitrogens is 1. The Morgan fingerprint density at radius 2 is 1.33 bits per heavy atom. The molecule has 1 aromatic heterocycles. The monoisotopic (exact) mass is 719 g/mol. The van der Waals surface area contributed by atoms with Crippen LogP contribution in [0.15, 0.2) is 54.6 Å². The van der Waals surface area contributed by atoms with Crippen LogP contribution in [0.2, 0.25) is 5.02 Å². The van der Waals surface area contributed by atoms with Gasteiger partial charge in [-0.25, -0.2) is 4.98 Å². The standard InChI is InChI=1S/C41H58ClN5O4/c1-5-45(6-2)22-11-25-48-35-29-37-40(39(31-35)50-26-12-23-46(7-3)8-4)44-41(43-37)36-18-17-34(49-27-19-32-13-15-33(42)16-14-32)30-38(36)51-28-24-47-20-9-10-21-47/h13-18,29-31H,5-12,19-28H2,1-4H3,(H,43,44). The molecule has 4 aromatic rings. The highest BCUT2D eigenvalue weighted by Crippen LogP contribution is 2.37. The predicted octanol–water partition coefficient (Wildman–Crippen LogP) is 8.20. The Morgan fingerprint density at radius 1 is 0.706 bits per heavy atom. The van der Waals surface area contributed by atoms with Gasteiger partial charge in [-0.1, -0.05) is 51.4 Å². The molecule has 0 aliphatic carbocycles. The number of imidazole rings is 1. The third-order valence-corrected chi connectivity index (χ3v) is 9.97. The SMILES string of the molecule is CCN(CC)CCCOc1cc(OCCCN(CC)CC)c2nc(-c3ccc(OCCc4ccc(Cl)cc4)cc3OCCN3CCCC3)[nH]c2c1. The molecule has 0 spiro atoms. The Labute approximate surface area is 310 Å². The topological polar surface area (TPSA) is 75.3 Å². The van der Waals surface area contributed by atoms with Crippen LogP contribution in [0.5, 0.6) is 23.0 Å². The van der Waals surface area contributed by atoms with E-state index >= 15 is 0 Å². The smallest absolute Gasteiger partial charge is 0.150 e. The summed E-state index contributed by atoms with van der Waals surface area (Å²) in [6, 6.07) is 17.9. The molecule has 1 aliphatic rings. The number of aromatic amines is 1. The van der Waals surface area contributed by atoms with Crippen LogP contribution in [0, 0.1) is 0 Å². The second-order valence-corrected chi connectivity index (χ2v) is 13.6. The van der Waals surface area contributed by atoms with Gasteiger partial charge in [0.05, 0.1) is 30.9 Å². The van der Waals surface area contributed by atoms with Crippen molar-refractivity contribution in [3.05, 3.63) is 65.2 Å². The lowest BCUT2D eigenvalue weighted by atomic mass is 10.1. The van der Waals surface area contributed by atoms with Crippen molar-refractivity contribution in [2.45, 2.75) is 59.8 Å². The van der Waals surface area contributed by atoms with Crippen LogP contribution in [0.3, 0.4) is 0 Å². The van der Waals surface area contributed by atoms with E-state index in [9.17, 15) is 0 Å². The molecule has 1 saturated heterocycles. The molecular weight excluding hydrogens is 662 g/mol. The fourth-order valence-corrected chi connectivity index (χ4v) is 6.67. The molecule has 0 bridgehead atoms. The molecule has 0 radical (unpaired) electrons. The van der Waals surface area contributed by atoms with E-state index in [0.717, 1.165) is 129 Å². The molecule has 51 heavy (non-hydrogen) atoms. The largest absolute Gasteiger partial charge is 0.493 e. The highest BCUT2D eigenvalue weighted by molar-refractivity contribution is 6.30. The first-order valence-electron chi connectivity index (χ1n) is 19.1. The van der Waals surface area contributed by atoms with Crippen LogP contribution in [-0.4, -0.2) is 110 Å². The Balaban J connectivity index is 1.36. The van der Waals surface area contributed by atoms with Crippen LogP contribution in [0.25, 0.3) is 22.4 Å². The minimum atomic E-state index is 0.547. The van der Waals surface area contributed by atoms with Gasteiger partial charge < -0.3 is 33.7 Å². The predicted molar refractivity (Wildman–Crippen MR) is 209 cm³/mol. The molecule has 278 valence electrons. The number of rotatable bonds is 23. The van der Waals surface area contributed by atoms with Gasteiger partial charge in [-0.05, 0) is 94.8 Å². The summed E-state index contributed by atoms with van der Waals surface area (Å²) < 4.78 is 25.4. The highest BCUT2D eigenvalue weighted by Gasteiger charge is 2.18. The molecule has 9 nitrogen and oxygen atoms in total. The summed E-state index contributed by atoms with van der Waals surface area (Å²) in [4.78, 5) is 16.0. The van der Waals surface area contributed by atoms with Gasteiger partial charge in [-0.2, -0.15) is 0 Å². The number of fused-ring (bicyclic) bond motifs is 1. The van der Waals surface area contributed by atoms with Crippen molar-refractivity contribution in [3.63, 3.8) is 0 Å². The second-order valence-electron chi connectivity index (χ2n) is 13.1. The molecule has 3 aromatic carbocycles. The summed E-state index contributed by atoms with van der Waals surface area (Å²) in [7, 11) is 0. The zero-order valence-corrected chi connectivity index (χ0v) is 32.0. The summed E-state index contributed by atoms with van der Waals surface area (Å²) in [5.41, 5.74) is 3.72. The normalized spacial score (nSPS) is 13.5. The highest BCUT2D eigenvalue weighted by atomic mass is 35.5. The van der Waals surface area contributed by atoms with Gasteiger partial charge in [0.25, 0.3) is 0 Å². The first-order chi connectivity index (χ1) is 25.0. The summed E-state index contributed by atoms with van der Waals surface area (Å²) in [6.07, 6.45) is 5.18. The number of likely N-dealkylation sites (tertiary alicyclic amines) is 1. The van der Waals surface area contributed by atoms with Gasteiger partial charge in [-0.15, -0.1) is 0 Å². The van der Waals surface area contributed by atoms with E-state index in [2.05, 4.69) is 47.4 Å². The van der Waals surface area contributed by atoms with Crippen LogP contribution >= 0.6 is 11.6 Å². The van der Waals surface area contributed by atoms with Crippen LogP contribution in [0.4, 0.5) is 0 Å². The number of aromatic nitrogens is 2. The number of nitrogens with one attached hydrogen (secondary N) is 1. The zero-order chi connectivity index (χ0) is 35.8. The number of halogens is 1. The van der Waals surface area contributed by atoms with Gasteiger partial charge in [0.1, 0.15) is 35.2 Å². The van der Waals surface area contributed by atoms with E-state index in [1.807, 2.05) is 54.6 Å². The van der Waals surface area contributed by atoms with Gasteiger partial charge in [0.2, 0.25) is 0 Å². The minimum Gasteiger partial charge on any atom is -0.493 e. The van der Waals surface area contributed by atoms with Crippen molar-refractivity contribution >= 4 is 22.6 Å². The van der Waals surface area contributed by atoms with E-state index in [1.54, 1.807) is 0 Å². The molecule has 1 fully saturated rings. The molecule has 10 heteroatoms. The second kappa shape index (κ2) is 20.5. The van der Waals surface area contributed by atoms with Gasteiger partial charge in [0, 0.05) is 49.3 Å². The zero-order valence-electron chi connectivity index (χ0n) is 31.2. The summed E-state index contributed by atoms with van der Waals surface area (Å²) >= 11 is 6.07. The fraction of sp³-hybridized carbons (Fsp3) is 0.537. The van der Waals surface area contributed by atoms with E-state index in [1.165, 1.54) is 18.4 Å². The van der Waals surface area contributed by atoms with Crippen LogP contribution in [0.1, 0.15) is 58.9 Å². The number of hydrogen-bond donors (Lipinski definition) is 1. The molecule has 1 aliphatic heterocycles. The molecule has 5 rings (SSSR count). The van der Waals surface area contributed by atoms with Crippen molar-refractivity contribution in [2.24, 2.45) is 0 Å². The van der Waals surface area contributed by atoms with Crippen molar-refractivity contribution in [1.82, 2.24) is 24.7 Å². The Hall–Kier alpha value is -3.50. The average molecular weight is 720 g/mol. The Kier molecular flexibility index (Phi) is 15.6. The van der Waals surface area contributed by atoms with E-state index in [-0.39, 0.29) is 0 Å². The first kappa shape index (κ1) is 38.7. The van der Waals surface area contributed by atoms with E-state index < -0.39 is 0 Å². The molecule has 0 amide bonds. The lowest BCUT2D eigenvalue weighted by Crippen LogP contribution is -2.25. The summed E-state index contributed by atoms with van der Waals surface area (Å²) in [5, 5.41) is 0.736. The third-order valence-electron chi connectivity index (χ3n) is 9.72. The number of nitrogens with zero attached hydrogens (tertiary/aromatic N) is 4. The average Bonchev–Trinajstić information content (AvgIpc) is 3.83.